The van der Waals surface area contributed by atoms with Crippen molar-refractivity contribution in [3.8, 4) is 0 Å². The third kappa shape index (κ3) is 2.08. The number of hydrogen-bond donors (Lipinski definition) is 0. The number of nitrogens with zero attached hydrogens (tertiary/aromatic N) is 1. The summed E-state index contributed by atoms with van der Waals surface area (Å²) in [5.74, 6) is 0. The molecule has 3 rings (SSSR count). The fourth-order valence-corrected chi connectivity index (χ4v) is 2.51. The SMILES string of the molecule is CN1C(=O)OC(c2ccccc2)C1c1ccccc1. The average molecular weight is 253 g/mol. The third-order valence-corrected chi connectivity index (χ3v) is 3.49. The van der Waals surface area contributed by atoms with E-state index in [-0.39, 0.29) is 18.2 Å². The topological polar surface area (TPSA) is 29.5 Å². The van der Waals surface area contributed by atoms with Gasteiger partial charge in [0.1, 0.15) is 6.04 Å². The van der Waals surface area contributed by atoms with E-state index in [1.54, 1.807) is 11.9 Å². The number of likely N-dealkylation sites (N-methyl/N-ethyl adjacent to an activating group) is 1. The van der Waals surface area contributed by atoms with Crippen LogP contribution in [0.3, 0.4) is 0 Å². The molecule has 2 aromatic carbocycles. The molecule has 1 aliphatic rings. The first kappa shape index (κ1) is 11.8. The Morgan fingerprint density at radius 2 is 1.42 bits per heavy atom. The van der Waals surface area contributed by atoms with Crippen molar-refractivity contribution in [1.29, 1.82) is 0 Å². The largest absolute Gasteiger partial charge is 0.439 e. The van der Waals surface area contributed by atoms with E-state index in [2.05, 4.69) is 0 Å². The predicted molar refractivity (Wildman–Crippen MR) is 72.6 cm³/mol. The Morgan fingerprint density at radius 1 is 0.895 bits per heavy atom. The Bertz CT molecular complexity index is 568. The van der Waals surface area contributed by atoms with Crippen molar-refractivity contribution in [2.75, 3.05) is 7.05 Å². The van der Waals surface area contributed by atoms with Crippen molar-refractivity contribution in [1.82, 2.24) is 4.90 Å². The van der Waals surface area contributed by atoms with Crippen molar-refractivity contribution in [3.05, 3.63) is 71.8 Å². The molecule has 2 unspecified atom stereocenters. The summed E-state index contributed by atoms with van der Waals surface area (Å²) >= 11 is 0. The number of ether oxygens (including phenoxy) is 1. The quantitative estimate of drug-likeness (QED) is 0.819. The van der Waals surface area contributed by atoms with Crippen molar-refractivity contribution in [2.45, 2.75) is 12.1 Å². The summed E-state index contributed by atoms with van der Waals surface area (Å²) in [5.41, 5.74) is 2.11. The van der Waals surface area contributed by atoms with E-state index in [1.807, 2.05) is 60.7 Å². The van der Waals surface area contributed by atoms with Crippen LogP contribution >= 0.6 is 0 Å². The number of carbonyl (C=O) groups is 1. The fourth-order valence-electron chi connectivity index (χ4n) is 2.51. The standard InChI is InChI=1S/C16H15NO2/c1-17-14(12-8-4-2-5-9-12)15(19-16(17)18)13-10-6-3-7-11-13/h2-11,14-15H,1H3. The van der Waals surface area contributed by atoms with E-state index < -0.39 is 0 Å². The molecule has 2 atom stereocenters. The van der Waals surface area contributed by atoms with Crippen LogP contribution in [0.5, 0.6) is 0 Å². The first-order chi connectivity index (χ1) is 9.27. The van der Waals surface area contributed by atoms with Crippen LogP contribution in [0, 0.1) is 0 Å². The van der Waals surface area contributed by atoms with Gasteiger partial charge in [-0.1, -0.05) is 60.7 Å². The summed E-state index contributed by atoms with van der Waals surface area (Å²) in [6, 6.07) is 19.8. The van der Waals surface area contributed by atoms with Crippen LogP contribution in [0.2, 0.25) is 0 Å². The zero-order valence-corrected chi connectivity index (χ0v) is 10.7. The lowest BCUT2D eigenvalue weighted by Crippen LogP contribution is -2.23. The molecule has 1 heterocycles. The number of cyclic esters (lactones) is 1. The van der Waals surface area contributed by atoms with Crippen molar-refractivity contribution >= 4 is 6.09 Å². The Morgan fingerprint density at radius 3 is 2.00 bits per heavy atom. The van der Waals surface area contributed by atoms with Gasteiger partial charge < -0.3 is 9.64 Å². The zero-order valence-electron chi connectivity index (χ0n) is 10.7. The second-order valence-electron chi connectivity index (χ2n) is 4.68. The Kier molecular flexibility index (Phi) is 2.95. The highest BCUT2D eigenvalue weighted by molar-refractivity contribution is 5.71. The molecule has 1 saturated heterocycles. The minimum atomic E-state index is -0.275. The van der Waals surface area contributed by atoms with E-state index in [0.717, 1.165) is 11.1 Å². The van der Waals surface area contributed by atoms with Gasteiger partial charge in [-0.25, -0.2) is 4.79 Å². The molecular formula is C16H15NO2. The van der Waals surface area contributed by atoms with Gasteiger partial charge in [0.25, 0.3) is 0 Å². The fraction of sp³-hybridized carbons (Fsp3) is 0.188. The maximum absolute atomic E-state index is 11.8. The van der Waals surface area contributed by atoms with E-state index in [0.29, 0.717) is 0 Å². The smallest absolute Gasteiger partial charge is 0.410 e. The van der Waals surface area contributed by atoms with Gasteiger partial charge in [-0.2, -0.15) is 0 Å². The predicted octanol–water partition coefficient (Wildman–Crippen LogP) is 3.55. The monoisotopic (exact) mass is 253 g/mol. The van der Waals surface area contributed by atoms with E-state index in [4.69, 9.17) is 4.74 Å². The number of rotatable bonds is 2. The summed E-state index contributed by atoms with van der Waals surface area (Å²) in [6.07, 6.45) is -0.524. The van der Waals surface area contributed by atoms with Gasteiger partial charge in [-0.05, 0) is 11.1 Å². The third-order valence-electron chi connectivity index (χ3n) is 3.49. The molecule has 0 saturated carbocycles. The van der Waals surface area contributed by atoms with Crippen LogP contribution in [0.4, 0.5) is 4.79 Å². The van der Waals surface area contributed by atoms with Gasteiger partial charge >= 0.3 is 6.09 Å². The minimum Gasteiger partial charge on any atom is -0.439 e. The number of benzene rings is 2. The molecule has 0 bridgehead atoms. The molecule has 1 amide bonds. The molecule has 19 heavy (non-hydrogen) atoms. The maximum atomic E-state index is 11.8. The van der Waals surface area contributed by atoms with Crippen molar-refractivity contribution in [3.63, 3.8) is 0 Å². The highest BCUT2D eigenvalue weighted by Crippen LogP contribution is 2.41. The molecule has 96 valence electrons. The van der Waals surface area contributed by atoms with Gasteiger partial charge in [-0.3, -0.25) is 0 Å². The molecule has 1 fully saturated rings. The van der Waals surface area contributed by atoms with Gasteiger partial charge in [0, 0.05) is 7.05 Å². The highest BCUT2D eigenvalue weighted by atomic mass is 16.6. The molecule has 0 spiro atoms. The van der Waals surface area contributed by atoms with Gasteiger partial charge in [0.2, 0.25) is 0 Å². The summed E-state index contributed by atoms with van der Waals surface area (Å²) in [5, 5.41) is 0. The van der Waals surface area contributed by atoms with E-state index in [1.165, 1.54) is 0 Å². The van der Waals surface area contributed by atoms with Crippen LogP contribution in [0.15, 0.2) is 60.7 Å². The summed E-state index contributed by atoms with van der Waals surface area (Å²) in [4.78, 5) is 13.5. The summed E-state index contributed by atoms with van der Waals surface area (Å²) in [6.45, 7) is 0. The summed E-state index contributed by atoms with van der Waals surface area (Å²) in [7, 11) is 1.78. The van der Waals surface area contributed by atoms with Gasteiger partial charge in [-0.15, -0.1) is 0 Å². The average Bonchev–Trinajstić information content (AvgIpc) is 2.77. The van der Waals surface area contributed by atoms with Gasteiger partial charge in [0.15, 0.2) is 6.10 Å². The van der Waals surface area contributed by atoms with Crippen LogP contribution < -0.4 is 0 Å². The molecule has 0 aromatic heterocycles. The normalized spacial score (nSPS) is 22.4. The van der Waals surface area contributed by atoms with Crippen molar-refractivity contribution in [2.24, 2.45) is 0 Å². The first-order valence-corrected chi connectivity index (χ1v) is 6.31. The molecule has 3 nitrogen and oxygen atoms in total. The summed E-state index contributed by atoms with van der Waals surface area (Å²) < 4.78 is 5.51. The lowest BCUT2D eigenvalue weighted by atomic mass is 9.96. The lowest BCUT2D eigenvalue weighted by Gasteiger charge is -2.22. The maximum Gasteiger partial charge on any atom is 0.410 e. The Balaban J connectivity index is 2.01. The van der Waals surface area contributed by atoms with Crippen molar-refractivity contribution < 1.29 is 9.53 Å². The number of amides is 1. The highest BCUT2D eigenvalue weighted by Gasteiger charge is 2.41. The second kappa shape index (κ2) is 4.76. The number of hydrogen-bond acceptors (Lipinski definition) is 2. The molecular weight excluding hydrogens is 238 g/mol. The lowest BCUT2D eigenvalue weighted by molar-refractivity contribution is 0.130. The zero-order chi connectivity index (χ0) is 13.2. The van der Waals surface area contributed by atoms with Crippen LogP contribution in [0.1, 0.15) is 23.3 Å². The molecule has 2 aromatic rings. The Labute approximate surface area is 112 Å². The van der Waals surface area contributed by atoms with Gasteiger partial charge in [0.05, 0.1) is 0 Å². The Hall–Kier alpha value is -2.29. The molecule has 3 heteroatoms. The van der Waals surface area contributed by atoms with Crippen LogP contribution in [-0.2, 0) is 4.74 Å². The molecule has 0 aliphatic carbocycles. The molecule has 0 N–H and O–H groups in total. The van der Waals surface area contributed by atoms with Crippen LogP contribution in [-0.4, -0.2) is 18.0 Å². The minimum absolute atomic E-state index is 0.0731. The molecule has 0 radical (unpaired) electrons. The second-order valence-corrected chi connectivity index (χ2v) is 4.68. The number of carbonyl (C=O) groups excluding carboxylic acids is 1. The first-order valence-electron chi connectivity index (χ1n) is 6.31. The van der Waals surface area contributed by atoms with Crippen LogP contribution in [0.25, 0.3) is 0 Å². The van der Waals surface area contributed by atoms with E-state index in [9.17, 15) is 4.79 Å². The molecule has 1 aliphatic heterocycles. The van der Waals surface area contributed by atoms with E-state index >= 15 is 0 Å².